The topological polar surface area (TPSA) is 95.5 Å². The highest BCUT2D eigenvalue weighted by atomic mass is 19.1. The lowest BCUT2D eigenvalue weighted by atomic mass is 10.0. The Labute approximate surface area is 204 Å². The van der Waals surface area contributed by atoms with E-state index in [1.165, 1.54) is 12.1 Å². The predicted octanol–water partition coefficient (Wildman–Crippen LogP) is 3.90. The fourth-order valence-corrected chi connectivity index (χ4v) is 3.45. The number of aliphatic hydroxyl groups is 1. The molecule has 0 aromatic heterocycles. The van der Waals surface area contributed by atoms with Gasteiger partial charge in [0.2, 0.25) is 5.91 Å². The molecule has 0 bridgehead atoms. The molecule has 0 saturated heterocycles. The van der Waals surface area contributed by atoms with Crippen LogP contribution < -0.4 is 10.6 Å². The summed E-state index contributed by atoms with van der Waals surface area (Å²) in [6, 6.07) is 13.7. The van der Waals surface area contributed by atoms with Gasteiger partial charge in [-0.15, -0.1) is 0 Å². The fourth-order valence-electron chi connectivity index (χ4n) is 3.45. The molecule has 184 valence electrons. The number of carbonyl (C=O) groups is 3. The molecular weight excluding hydrogens is 447 g/mol. The lowest BCUT2D eigenvalue weighted by Crippen LogP contribution is -2.26. The first-order chi connectivity index (χ1) is 17.0. The number of nitrogens with one attached hydrogen (secondary N) is 2. The first-order valence-corrected chi connectivity index (χ1v) is 11.9. The van der Waals surface area contributed by atoms with Gasteiger partial charge in [-0.3, -0.25) is 14.4 Å². The van der Waals surface area contributed by atoms with Crippen molar-refractivity contribution in [2.75, 3.05) is 13.2 Å². The zero-order valence-corrected chi connectivity index (χ0v) is 19.6. The van der Waals surface area contributed by atoms with Gasteiger partial charge in [-0.1, -0.05) is 48.9 Å². The van der Waals surface area contributed by atoms with Gasteiger partial charge in [0.25, 0.3) is 5.91 Å². The molecule has 3 rings (SSSR count). The van der Waals surface area contributed by atoms with Crippen molar-refractivity contribution in [1.82, 2.24) is 10.6 Å². The van der Waals surface area contributed by atoms with Crippen LogP contribution in [0, 0.1) is 5.82 Å². The van der Waals surface area contributed by atoms with Crippen molar-refractivity contribution >= 4 is 35.3 Å². The molecule has 1 aliphatic rings. The summed E-state index contributed by atoms with van der Waals surface area (Å²) < 4.78 is 14.4. The molecule has 0 spiro atoms. The zero-order chi connectivity index (χ0) is 25.0. The van der Waals surface area contributed by atoms with E-state index in [0.29, 0.717) is 19.4 Å². The molecule has 1 aliphatic carbocycles. The zero-order valence-electron chi connectivity index (χ0n) is 19.6. The first-order valence-electron chi connectivity index (χ1n) is 11.9. The average Bonchev–Trinajstić information content (AvgIpc) is 3.68. The molecule has 2 aromatic rings. The Morgan fingerprint density at radius 3 is 2.37 bits per heavy atom. The number of halogens is 1. The molecule has 2 aromatic carbocycles. The molecule has 0 aliphatic heterocycles. The number of ketones is 1. The third kappa shape index (κ3) is 8.94. The van der Waals surface area contributed by atoms with Crippen LogP contribution in [0.4, 0.5) is 4.39 Å². The molecule has 2 amide bonds. The van der Waals surface area contributed by atoms with E-state index in [2.05, 4.69) is 10.6 Å². The van der Waals surface area contributed by atoms with Crippen LogP contribution in [0.25, 0.3) is 17.7 Å². The standard InChI is InChI=1S/C28H31FN2O4/c29-26-8-4-3-7-24(26)25(28(35)31-22-14-15-22)18-21-11-9-20(10-12-21)13-16-27(34)30-17-5-1-2-6-23(33)19-32/h3-4,7-13,16,18,22,32H,1-2,5-6,14-15,17,19H2,(H,30,34)(H,31,35)/b16-13+,25-18+. The lowest BCUT2D eigenvalue weighted by molar-refractivity contribution is -0.122. The summed E-state index contributed by atoms with van der Waals surface area (Å²) in [5.74, 6) is -1.12. The lowest BCUT2D eigenvalue weighted by Gasteiger charge is -2.10. The van der Waals surface area contributed by atoms with Crippen molar-refractivity contribution in [2.24, 2.45) is 0 Å². The number of hydrogen-bond acceptors (Lipinski definition) is 4. The van der Waals surface area contributed by atoms with Crippen LogP contribution >= 0.6 is 0 Å². The monoisotopic (exact) mass is 478 g/mol. The maximum Gasteiger partial charge on any atom is 0.252 e. The second-order valence-corrected chi connectivity index (χ2v) is 8.58. The van der Waals surface area contributed by atoms with Gasteiger partial charge >= 0.3 is 0 Å². The largest absolute Gasteiger partial charge is 0.389 e. The Morgan fingerprint density at radius 2 is 1.69 bits per heavy atom. The quantitative estimate of drug-likeness (QED) is 0.231. The van der Waals surface area contributed by atoms with Crippen LogP contribution in [-0.4, -0.2) is 41.9 Å². The Hall–Kier alpha value is -3.58. The summed E-state index contributed by atoms with van der Waals surface area (Å²) in [5, 5.41) is 14.4. The molecule has 1 fully saturated rings. The van der Waals surface area contributed by atoms with E-state index < -0.39 is 12.4 Å². The maximum atomic E-state index is 14.4. The third-order valence-electron chi connectivity index (χ3n) is 5.60. The second kappa shape index (κ2) is 13.3. The van der Waals surface area contributed by atoms with E-state index in [1.54, 1.807) is 30.4 Å². The van der Waals surface area contributed by atoms with Crippen molar-refractivity contribution in [3.63, 3.8) is 0 Å². The Bertz CT molecular complexity index is 1090. The van der Waals surface area contributed by atoms with Gasteiger partial charge in [-0.05, 0) is 55.0 Å². The third-order valence-corrected chi connectivity index (χ3v) is 5.60. The molecule has 7 heteroatoms. The molecule has 6 nitrogen and oxygen atoms in total. The molecule has 0 unspecified atom stereocenters. The van der Waals surface area contributed by atoms with Crippen LogP contribution in [0.1, 0.15) is 55.2 Å². The van der Waals surface area contributed by atoms with Gasteiger partial charge in [-0.2, -0.15) is 0 Å². The number of amides is 2. The van der Waals surface area contributed by atoms with Crippen molar-refractivity contribution < 1.29 is 23.9 Å². The van der Waals surface area contributed by atoms with Gasteiger partial charge in [0, 0.05) is 30.6 Å². The molecule has 1 saturated carbocycles. The van der Waals surface area contributed by atoms with Gasteiger partial charge in [0.15, 0.2) is 5.78 Å². The highest BCUT2D eigenvalue weighted by Gasteiger charge is 2.26. The fraction of sp³-hybridized carbons (Fsp3) is 0.321. The Kier molecular flexibility index (Phi) is 9.93. The molecule has 0 heterocycles. The number of benzene rings is 2. The minimum absolute atomic E-state index is 0.159. The molecule has 3 N–H and O–H groups in total. The van der Waals surface area contributed by atoms with Crippen LogP contribution in [0.3, 0.4) is 0 Å². The number of unbranched alkanes of at least 4 members (excludes halogenated alkanes) is 2. The first kappa shape index (κ1) is 26.0. The van der Waals surface area contributed by atoms with E-state index in [9.17, 15) is 18.8 Å². The summed E-state index contributed by atoms with van der Waals surface area (Å²) >= 11 is 0. The van der Waals surface area contributed by atoms with Gasteiger partial charge in [0.1, 0.15) is 12.4 Å². The average molecular weight is 479 g/mol. The van der Waals surface area contributed by atoms with E-state index in [4.69, 9.17) is 5.11 Å². The Morgan fingerprint density at radius 1 is 0.971 bits per heavy atom. The summed E-state index contributed by atoms with van der Waals surface area (Å²) in [7, 11) is 0. The number of aliphatic hydroxyl groups excluding tert-OH is 1. The summed E-state index contributed by atoms with van der Waals surface area (Å²) in [4.78, 5) is 35.8. The van der Waals surface area contributed by atoms with Crippen molar-refractivity contribution in [3.8, 4) is 0 Å². The minimum Gasteiger partial charge on any atom is -0.389 e. The normalized spacial score (nSPS) is 13.6. The van der Waals surface area contributed by atoms with Crippen LogP contribution in [0.15, 0.2) is 54.6 Å². The SMILES string of the molecule is O=C(CO)CCCCCNC(=O)/C=C/c1ccc(/C=C(/C(=O)NC2CC2)c2ccccc2F)cc1. The molecule has 35 heavy (non-hydrogen) atoms. The Balaban J connectivity index is 1.56. The van der Waals surface area contributed by atoms with Gasteiger partial charge in [-0.25, -0.2) is 4.39 Å². The van der Waals surface area contributed by atoms with Crippen molar-refractivity contribution in [2.45, 2.75) is 44.6 Å². The predicted molar refractivity (Wildman–Crippen MR) is 134 cm³/mol. The second-order valence-electron chi connectivity index (χ2n) is 8.58. The smallest absolute Gasteiger partial charge is 0.252 e. The molecule has 0 radical (unpaired) electrons. The highest BCUT2D eigenvalue weighted by molar-refractivity contribution is 6.24. The van der Waals surface area contributed by atoms with Gasteiger partial charge in [0.05, 0.1) is 5.57 Å². The number of carbonyl (C=O) groups excluding carboxylic acids is 3. The minimum atomic E-state index is -0.450. The van der Waals surface area contributed by atoms with E-state index in [0.717, 1.165) is 36.8 Å². The van der Waals surface area contributed by atoms with Crippen molar-refractivity contribution in [3.05, 3.63) is 77.1 Å². The summed E-state index contributed by atoms with van der Waals surface area (Å²) in [6.07, 6.45) is 9.33. The van der Waals surface area contributed by atoms with Crippen molar-refractivity contribution in [1.29, 1.82) is 0 Å². The van der Waals surface area contributed by atoms with E-state index in [-0.39, 0.29) is 34.8 Å². The van der Waals surface area contributed by atoms with Crippen LogP contribution in [-0.2, 0) is 14.4 Å². The van der Waals surface area contributed by atoms with Crippen LogP contribution in [0.5, 0.6) is 0 Å². The number of rotatable bonds is 13. The highest BCUT2D eigenvalue weighted by Crippen LogP contribution is 2.25. The van der Waals surface area contributed by atoms with E-state index >= 15 is 0 Å². The van der Waals surface area contributed by atoms with E-state index in [1.807, 2.05) is 24.3 Å². The van der Waals surface area contributed by atoms with Gasteiger partial charge < -0.3 is 15.7 Å². The number of Topliss-reactive ketones (excluding diaryl/α,β-unsaturated/α-hetero) is 1. The summed E-state index contributed by atoms with van der Waals surface area (Å²) in [6.45, 7) is 0.100. The molecule has 0 atom stereocenters. The maximum absolute atomic E-state index is 14.4. The van der Waals surface area contributed by atoms with Crippen LogP contribution in [0.2, 0.25) is 0 Å². The summed E-state index contributed by atoms with van der Waals surface area (Å²) in [5.41, 5.74) is 2.09. The molecular formula is C28H31FN2O4. The number of hydrogen-bond donors (Lipinski definition) is 3.